The smallest absolute Gasteiger partial charge is 0.349 e. The van der Waals surface area contributed by atoms with Crippen LogP contribution in [0.1, 0.15) is 11.7 Å². The molecule has 0 bridgehead atoms. The average Bonchev–Trinajstić information content (AvgIpc) is 3.11. The molecule has 1 aliphatic heterocycles. The number of nitrogens with zero attached hydrogens (tertiary/aromatic N) is 2. The van der Waals surface area contributed by atoms with Gasteiger partial charge in [0.2, 0.25) is 6.10 Å². The van der Waals surface area contributed by atoms with E-state index in [-0.39, 0.29) is 6.04 Å². The standard InChI is InChI=1S/C20H16ClN3O3/c21-14-10-11-18(27-19(20(25)26)13-6-2-1-3-7-13)17(12-14)24-22-15-8-4-5-9-16(15)23-24/h1-12,15,19,22H,(H,25,26). The Hall–Kier alpha value is -3.09. The summed E-state index contributed by atoms with van der Waals surface area (Å²) in [5.41, 5.74) is 5.16. The maximum absolute atomic E-state index is 11.8. The fraction of sp³-hybridized carbons (Fsp3) is 0.100. The lowest BCUT2D eigenvalue weighted by Gasteiger charge is -2.22. The SMILES string of the molecule is O=C(O)C(Oc1ccc(Cl)cc1N1N=C2C=CC=CC2N1)c1ccccc1. The zero-order valence-electron chi connectivity index (χ0n) is 14.1. The predicted molar refractivity (Wildman–Crippen MR) is 104 cm³/mol. The van der Waals surface area contributed by atoms with Gasteiger partial charge in [-0.2, -0.15) is 15.6 Å². The number of hydrazine groups is 1. The van der Waals surface area contributed by atoms with E-state index in [1.807, 2.05) is 30.4 Å². The second-order valence-corrected chi connectivity index (χ2v) is 6.48. The maximum atomic E-state index is 11.8. The van der Waals surface area contributed by atoms with Crippen molar-refractivity contribution in [2.45, 2.75) is 12.1 Å². The summed E-state index contributed by atoms with van der Waals surface area (Å²) in [4.78, 5) is 11.8. The fourth-order valence-corrected chi connectivity index (χ4v) is 3.07. The molecule has 2 aromatic rings. The normalized spacial score (nSPS) is 18.8. The number of halogens is 1. The molecule has 2 atom stereocenters. The molecule has 0 fully saturated rings. The molecule has 136 valence electrons. The molecule has 2 N–H and O–H groups in total. The topological polar surface area (TPSA) is 74.2 Å². The first-order chi connectivity index (χ1) is 13.1. The predicted octanol–water partition coefficient (Wildman–Crippen LogP) is 3.72. The van der Waals surface area contributed by atoms with Crippen molar-refractivity contribution < 1.29 is 14.6 Å². The molecular formula is C20H16ClN3O3. The van der Waals surface area contributed by atoms with Gasteiger partial charge in [-0.1, -0.05) is 60.2 Å². The van der Waals surface area contributed by atoms with Crippen LogP contribution in [0.25, 0.3) is 0 Å². The molecule has 0 saturated carbocycles. The number of rotatable bonds is 5. The largest absolute Gasteiger partial charge is 0.478 e. The number of benzene rings is 2. The zero-order valence-corrected chi connectivity index (χ0v) is 14.9. The van der Waals surface area contributed by atoms with E-state index in [2.05, 4.69) is 10.5 Å². The lowest BCUT2D eigenvalue weighted by atomic mass is 10.1. The van der Waals surface area contributed by atoms with E-state index in [1.54, 1.807) is 47.6 Å². The van der Waals surface area contributed by atoms with E-state index in [9.17, 15) is 9.90 Å². The summed E-state index contributed by atoms with van der Waals surface area (Å²) in [5.74, 6) is -0.721. The molecule has 0 spiro atoms. The van der Waals surface area contributed by atoms with Crippen LogP contribution < -0.4 is 15.3 Å². The Morgan fingerprint density at radius 2 is 2.04 bits per heavy atom. The number of carboxylic acid groups (broad SMARTS) is 1. The summed E-state index contributed by atoms with van der Waals surface area (Å²) in [6.45, 7) is 0. The number of fused-ring (bicyclic) bond motifs is 1. The van der Waals surface area contributed by atoms with Crippen LogP contribution >= 0.6 is 11.6 Å². The lowest BCUT2D eigenvalue weighted by molar-refractivity contribution is -0.145. The van der Waals surface area contributed by atoms with E-state index < -0.39 is 12.1 Å². The van der Waals surface area contributed by atoms with Crippen LogP contribution in [0.5, 0.6) is 5.75 Å². The molecule has 0 radical (unpaired) electrons. The van der Waals surface area contributed by atoms with Crippen molar-refractivity contribution in [1.29, 1.82) is 0 Å². The van der Waals surface area contributed by atoms with E-state index in [0.717, 1.165) is 5.71 Å². The Labute approximate surface area is 161 Å². The van der Waals surface area contributed by atoms with Crippen LogP contribution in [0.4, 0.5) is 5.69 Å². The zero-order chi connectivity index (χ0) is 18.8. The molecule has 7 heteroatoms. The minimum Gasteiger partial charge on any atom is -0.478 e. The van der Waals surface area contributed by atoms with Gasteiger partial charge in [-0.05, 0) is 24.3 Å². The number of allylic oxidation sites excluding steroid dienone is 2. The monoisotopic (exact) mass is 381 g/mol. The number of hydrazone groups is 1. The van der Waals surface area contributed by atoms with Crippen LogP contribution in [0, 0.1) is 0 Å². The van der Waals surface area contributed by atoms with Crippen molar-refractivity contribution in [2.24, 2.45) is 5.10 Å². The van der Waals surface area contributed by atoms with Crippen LogP contribution in [0.3, 0.4) is 0 Å². The number of carbonyl (C=O) groups is 1. The van der Waals surface area contributed by atoms with Crippen LogP contribution in [-0.2, 0) is 4.79 Å². The van der Waals surface area contributed by atoms with Gasteiger partial charge < -0.3 is 9.84 Å². The Morgan fingerprint density at radius 3 is 2.78 bits per heavy atom. The first-order valence-corrected chi connectivity index (χ1v) is 8.73. The van der Waals surface area contributed by atoms with Gasteiger partial charge in [0.25, 0.3) is 0 Å². The highest BCUT2D eigenvalue weighted by Gasteiger charge is 2.28. The Morgan fingerprint density at radius 1 is 1.22 bits per heavy atom. The van der Waals surface area contributed by atoms with Gasteiger partial charge in [0.15, 0.2) is 0 Å². The van der Waals surface area contributed by atoms with Gasteiger partial charge >= 0.3 is 5.97 Å². The molecule has 2 unspecified atom stereocenters. The number of ether oxygens (including phenoxy) is 1. The fourth-order valence-electron chi connectivity index (χ4n) is 2.91. The van der Waals surface area contributed by atoms with Gasteiger partial charge in [0.05, 0.1) is 11.8 Å². The molecule has 0 amide bonds. The number of anilines is 1. The van der Waals surface area contributed by atoms with Gasteiger partial charge in [0.1, 0.15) is 11.4 Å². The van der Waals surface area contributed by atoms with Gasteiger partial charge in [-0.25, -0.2) is 4.79 Å². The number of nitrogens with one attached hydrogen (secondary N) is 1. The van der Waals surface area contributed by atoms with Gasteiger partial charge in [-0.15, -0.1) is 0 Å². The number of hydrogen-bond donors (Lipinski definition) is 2. The third kappa shape index (κ3) is 3.58. The molecule has 4 rings (SSSR count). The maximum Gasteiger partial charge on any atom is 0.349 e. The molecule has 2 aromatic carbocycles. The number of aliphatic carboxylic acids is 1. The van der Waals surface area contributed by atoms with Crippen molar-refractivity contribution >= 4 is 29.0 Å². The quantitative estimate of drug-likeness (QED) is 0.825. The summed E-state index contributed by atoms with van der Waals surface area (Å²) in [6, 6.07) is 13.7. The van der Waals surface area contributed by atoms with Gasteiger partial charge in [0, 0.05) is 10.6 Å². The highest BCUT2D eigenvalue weighted by Crippen LogP contribution is 2.35. The summed E-state index contributed by atoms with van der Waals surface area (Å²) < 4.78 is 5.87. The van der Waals surface area contributed by atoms with Crippen LogP contribution in [0.2, 0.25) is 5.02 Å². The Kier molecular flexibility index (Phi) is 4.66. The molecule has 1 aliphatic carbocycles. The molecule has 1 heterocycles. The van der Waals surface area contributed by atoms with Gasteiger partial charge in [-0.3, -0.25) is 0 Å². The molecule has 6 nitrogen and oxygen atoms in total. The first-order valence-electron chi connectivity index (χ1n) is 8.35. The molecule has 2 aliphatic rings. The summed E-state index contributed by atoms with van der Waals surface area (Å²) >= 11 is 6.16. The van der Waals surface area contributed by atoms with Crippen molar-refractivity contribution in [3.63, 3.8) is 0 Å². The van der Waals surface area contributed by atoms with E-state index in [1.165, 1.54) is 0 Å². The third-order valence-corrected chi connectivity index (χ3v) is 4.43. The minimum atomic E-state index is -1.15. The van der Waals surface area contributed by atoms with Crippen LogP contribution in [0.15, 0.2) is 77.9 Å². The van der Waals surface area contributed by atoms with Crippen molar-refractivity contribution in [3.8, 4) is 5.75 Å². The first kappa shape index (κ1) is 17.3. The Bertz CT molecular complexity index is 956. The van der Waals surface area contributed by atoms with Crippen molar-refractivity contribution in [1.82, 2.24) is 5.43 Å². The molecular weight excluding hydrogens is 366 g/mol. The average molecular weight is 382 g/mol. The summed E-state index contributed by atoms with van der Waals surface area (Å²) in [6.07, 6.45) is 6.58. The van der Waals surface area contributed by atoms with E-state index in [4.69, 9.17) is 16.3 Å². The number of hydrogen-bond acceptors (Lipinski definition) is 5. The minimum absolute atomic E-state index is 0.0498. The highest BCUT2D eigenvalue weighted by atomic mass is 35.5. The second-order valence-electron chi connectivity index (χ2n) is 6.05. The summed E-state index contributed by atoms with van der Waals surface area (Å²) in [7, 11) is 0. The molecule has 0 saturated heterocycles. The summed E-state index contributed by atoms with van der Waals surface area (Å²) in [5, 5.41) is 16.2. The second kappa shape index (κ2) is 7.26. The van der Waals surface area contributed by atoms with E-state index in [0.29, 0.717) is 22.0 Å². The Balaban J connectivity index is 1.68. The van der Waals surface area contributed by atoms with Crippen molar-refractivity contribution in [2.75, 3.05) is 5.12 Å². The van der Waals surface area contributed by atoms with Crippen LogP contribution in [-0.4, -0.2) is 22.8 Å². The third-order valence-electron chi connectivity index (χ3n) is 4.20. The molecule has 0 aromatic heterocycles. The number of carboxylic acids is 1. The van der Waals surface area contributed by atoms with E-state index >= 15 is 0 Å². The molecule has 27 heavy (non-hydrogen) atoms. The van der Waals surface area contributed by atoms with Crippen molar-refractivity contribution in [3.05, 3.63) is 83.4 Å². The highest BCUT2D eigenvalue weighted by molar-refractivity contribution is 6.31. The lowest BCUT2D eigenvalue weighted by Crippen LogP contribution is -2.37.